The Labute approximate surface area is 143 Å². The Morgan fingerprint density at radius 1 is 0.870 bits per heavy atom. The van der Waals surface area contributed by atoms with Gasteiger partial charge in [-0.25, -0.2) is 0 Å². The highest BCUT2D eigenvalue weighted by Gasteiger charge is 2.20. The van der Waals surface area contributed by atoms with Crippen LogP contribution in [0.1, 0.15) is 76.0 Å². The monoisotopic (exact) mass is 333 g/mol. The van der Waals surface area contributed by atoms with Crippen molar-refractivity contribution in [1.29, 1.82) is 0 Å². The molecule has 0 N–H and O–H groups in total. The highest BCUT2D eigenvalue weighted by Crippen LogP contribution is 2.42. The Morgan fingerprint density at radius 3 is 2.04 bits per heavy atom. The minimum absolute atomic E-state index is 0.316. The summed E-state index contributed by atoms with van der Waals surface area (Å²) in [6.45, 7) is 13.1. The third-order valence-electron chi connectivity index (χ3n) is 4.20. The molecule has 2 rings (SSSR count). The van der Waals surface area contributed by atoms with Crippen molar-refractivity contribution >= 4 is 22.8 Å². The molecule has 2 aromatic rings. The van der Waals surface area contributed by atoms with Gasteiger partial charge in [0.25, 0.3) is 0 Å². The number of fused-ring (bicyclic) bond motifs is 1. The standard InChI is InChI=1S/C19H26O3S/c1-11(2)14-8-7-9-15-17(14)10-16(12(3)4)19(23-22-21-20)18(15)13(5)6/h7-13,20H,1-6H3/p-1. The normalized spacial score (nSPS) is 12.1. The van der Waals surface area contributed by atoms with E-state index < -0.39 is 0 Å². The Morgan fingerprint density at radius 2 is 1.52 bits per heavy atom. The van der Waals surface area contributed by atoms with Gasteiger partial charge < -0.3 is 5.26 Å². The average molecular weight is 333 g/mol. The summed E-state index contributed by atoms with van der Waals surface area (Å²) in [6, 6.07) is 8.71. The molecule has 0 aliphatic rings. The van der Waals surface area contributed by atoms with E-state index in [2.05, 4.69) is 75.2 Å². The molecule has 4 heteroatoms. The molecule has 2 aromatic carbocycles. The molecule has 0 bridgehead atoms. The summed E-state index contributed by atoms with van der Waals surface area (Å²) in [5.74, 6) is 1.10. The van der Waals surface area contributed by atoms with Crippen LogP contribution in [0.5, 0.6) is 0 Å². The van der Waals surface area contributed by atoms with Crippen LogP contribution in [0.15, 0.2) is 29.2 Å². The van der Waals surface area contributed by atoms with E-state index in [1.807, 2.05) is 0 Å². The Bertz CT molecular complexity index is 678. The second-order valence-corrected chi connectivity index (χ2v) is 7.55. The predicted octanol–water partition coefficient (Wildman–Crippen LogP) is 5.44. The van der Waals surface area contributed by atoms with Crippen LogP contribution in [-0.4, -0.2) is 0 Å². The molecule has 0 heterocycles. The van der Waals surface area contributed by atoms with Crippen LogP contribution >= 0.6 is 12.0 Å². The van der Waals surface area contributed by atoms with Gasteiger partial charge in [-0.1, -0.05) is 59.7 Å². The maximum atomic E-state index is 10.3. The van der Waals surface area contributed by atoms with Crippen LogP contribution in [-0.2, 0) is 9.37 Å². The molecule has 0 unspecified atom stereocenters. The fraction of sp³-hybridized carbons (Fsp3) is 0.474. The molecule has 0 fully saturated rings. The Kier molecular flexibility index (Phi) is 6.09. The van der Waals surface area contributed by atoms with Crippen LogP contribution in [0.25, 0.3) is 10.8 Å². The molecule has 0 atom stereocenters. The smallest absolute Gasteiger partial charge is 0.0680 e. The SMILES string of the molecule is CC(C)c1cc2c(C(C)C)cccc2c(C(C)C)c1SOO[O-]. The van der Waals surface area contributed by atoms with E-state index in [9.17, 15) is 5.26 Å². The van der Waals surface area contributed by atoms with Crippen molar-refractivity contribution in [2.24, 2.45) is 0 Å². The van der Waals surface area contributed by atoms with Crippen LogP contribution < -0.4 is 5.26 Å². The lowest BCUT2D eigenvalue weighted by Gasteiger charge is -2.23. The third-order valence-corrected chi connectivity index (χ3v) is 4.95. The second-order valence-electron chi connectivity index (χ2n) is 6.83. The first-order valence-electron chi connectivity index (χ1n) is 8.11. The Balaban J connectivity index is 2.86. The molecule has 0 spiro atoms. The summed E-state index contributed by atoms with van der Waals surface area (Å²) in [5.41, 5.74) is 3.76. The molecule has 0 radical (unpaired) electrons. The molecule has 0 amide bonds. The first-order chi connectivity index (χ1) is 10.9. The molecule has 0 aliphatic carbocycles. The molecule has 0 saturated carbocycles. The van der Waals surface area contributed by atoms with Gasteiger partial charge in [0.15, 0.2) is 0 Å². The molecule has 0 saturated heterocycles. The van der Waals surface area contributed by atoms with Crippen molar-refractivity contribution < 1.29 is 14.6 Å². The minimum atomic E-state index is 0.316. The Hall–Kier alpha value is -1.07. The van der Waals surface area contributed by atoms with E-state index in [1.165, 1.54) is 27.5 Å². The second kappa shape index (κ2) is 7.67. The van der Waals surface area contributed by atoms with E-state index >= 15 is 0 Å². The van der Waals surface area contributed by atoms with Gasteiger partial charge >= 0.3 is 0 Å². The van der Waals surface area contributed by atoms with Gasteiger partial charge in [-0.3, -0.25) is 5.04 Å². The first kappa shape index (κ1) is 18.3. The van der Waals surface area contributed by atoms with Crippen molar-refractivity contribution in [1.82, 2.24) is 0 Å². The van der Waals surface area contributed by atoms with E-state index in [-0.39, 0.29) is 0 Å². The van der Waals surface area contributed by atoms with E-state index in [0.29, 0.717) is 17.8 Å². The maximum Gasteiger partial charge on any atom is 0.0680 e. The summed E-state index contributed by atoms with van der Waals surface area (Å²) in [7, 11) is 0. The molecular formula is C19H25O3S-. The van der Waals surface area contributed by atoms with Crippen LogP contribution in [0.3, 0.4) is 0 Å². The summed E-state index contributed by atoms with van der Waals surface area (Å²) < 4.78 is 4.69. The zero-order valence-corrected chi connectivity index (χ0v) is 15.5. The molecule has 0 aliphatic heterocycles. The van der Waals surface area contributed by atoms with E-state index in [4.69, 9.17) is 0 Å². The third kappa shape index (κ3) is 3.72. The number of hydrogen-bond donors (Lipinski definition) is 0. The van der Waals surface area contributed by atoms with Gasteiger partial charge in [0, 0.05) is 4.90 Å². The zero-order valence-electron chi connectivity index (χ0n) is 14.7. The van der Waals surface area contributed by atoms with Crippen molar-refractivity contribution in [3.8, 4) is 0 Å². The first-order valence-corrected chi connectivity index (χ1v) is 8.85. The van der Waals surface area contributed by atoms with Gasteiger partial charge in [0.2, 0.25) is 0 Å². The van der Waals surface area contributed by atoms with E-state index in [0.717, 1.165) is 16.9 Å². The highest BCUT2D eigenvalue weighted by atomic mass is 32.2. The van der Waals surface area contributed by atoms with Crippen molar-refractivity contribution in [3.05, 3.63) is 41.0 Å². The number of rotatable bonds is 6. The van der Waals surface area contributed by atoms with Crippen molar-refractivity contribution in [2.75, 3.05) is 0 Å². The highest BCUT2D eigenvalue weighted by molar-refractivity contribution is 7.94. The topological polar surface area (TPSA) is 41.5 Å². The number of benzene rings is 2. The molecule has 126 valence electrons. The van der Waals surface area contributed by atoms with Crippen LogP contribution in [0, 0.1) is 0 Å². The lowest BCUT2D eigenvalue weighted by molar-refractivity contribution is -0.777. The summed E-state index contributed by atoms with van der Waals surface area (Å²) in [6.07, 6.45) is 0. The lowest BCUT2D eigenvalue weighted by atomic mass is 9.86. The summed E-state index contributed by atoms with van der Waals surface area (Å²) in [4.78, 5) is 0.999. The van der Waals surface area contributed by atoms with Gasteiger partial charge in [0.05, 0.1) is 12.0 Å². The average Bonchev–Trinajstić information content (AvgIpc) is 2.50. The minimum Gasteiger partial charge on any atom is -0.691 e. The number of hydrogen-bond acceptors (Lipinski definition) is 4. The summed E-state index contributed by atoms with van der Waals surface area (Å²) >= 11 is 1.02. The predicted molar refractivity (Wildman–Crippen MR) is 94.2 cm³/mol. The zero-order chi connectivity index (χ0) is 17.1. The maximum absolute atomic E-state index is 10.3. The van der Waals surface area contributed by atoms with Crippen molar-refractivity contribution in [2.45, 2.75) is 64.2 Å². The largest absolute Gasteiger partial charge is 0.691 e. The molecule has 23 heavy (non-hydrogen) atoms. The molecule has 0 aromatic heterocycles. The van der Waals surface area contributed by atoms with Gasteiger partial charge in [0.1, 0.15) is 0 Å². The fourth-order valence-electron chi connectivity index (χ4n) is 3.12. The van der Waals surface area contributed by atoms with Crippen LogP contribution in [0.4, 0.5) is 0 Å². The van der Waals surface area contributed by atoms with Gasteiger partial charge in [-0.05, 0) is 51.3 Å². The molecule has 3 nitrogen and oxygen atoms in total. The summed E-state index contributed by atoms with van der Waals surface area (Å²) in [5, 5.41) is 16.5. The molecular weight excluding hydrogens is 308 g/mol. The van der Waals surface area contributed by atoms with Gasteiger partial charge in [-0.2, -0.15) is 4.33 Å². The van der Waals surface area contributed by atoms with Crippen molar-refractivity contribution in [3.63, 3.8) is 0 Å². The fourth-order valence-corrected chi connectivity index (χ4v) is 4.05. The lowest BCUT2D eigenvalue weighted by Crippen LogP contribution is -2.05. The quantitative estimate of drug-likeness (QED) is 0.401. The van der Waals surface area contributed by atoms with E-state index in [1.54, 1.807) is 0 Å². The van der Waals surface area contributed by atoms with Gasteiger partial charge in [-0.15, -0.1) is 0 Å². The van der Waals surface area contributed by atoms with Crippen LogP contribution in [0.2, 0.25) is 0 Å².